The molecule has 1 atom stereocenters. The van der Waals surface area contributed by atoms with Crippen molar-refractivity contribution >= 4 is 11.7 Å². The topological polar surface area (TPSA) is 47.9 Å². The third-order valence-corrected chi connectivity index (χ3v) is 2.96. The van der Waals surface area contributed by atoms with Crippen LogP contribution in [0.5, 0.6) is 0 Å². The SMILES string of the molecule is CN=C1OC(=COC)C(=O)C1c1cccc(C(F)(F)F)c1. The summed E-state index contributed by atoms with van der Waals surface area (Å²) >= 11 is 0. The summed E-state index contributed by atoms with van der Waals surface area (Å²) < 4.78 is 48.2. The zero-order valence-corrected chi connectivity index (χ0v) is 11.3. The lowest BCUT2D eigenvalue weighted by Gasteiger charge is -2.11. The van der Waals surface area contributed by atoms with E-state index in [1.54, 1.807) is 0 Å². The molecule has 0 bridgehead atoms. The maximum absolute atomic E-state index is 12.8. The summed E-state index contributed by atoms with van der Waals surface area (Å²) in [7, 11) is 2.74. The van der Waals surface area contributed by atoms with E-state index < -0.39 is 23.4 Å². The molecule has 0 radical (unpaired) electrons. The fourth-order valence-corrected chi connectivity index (χ4v) is 2.03. The van der Waals surface area contributed by atoms with E-state index in [9.17, 15) is 18.0 Å². The Morgan fingerprint density at radius 3 is 2.67 bits per heavy atom. The van der Waals surface area contributed by atoms with Crippen LogP contribution in [-0.2, 0) is 20.4 Å². The Bertz CT molecular complexity index is 620. The van der Waals surface area contributed by atoms with Crippen LogP contribution in [0.1, 0.15) is 17.0 Å². The number of aliphatic imine (C=N–C) groups is 1. The van der Waals surface area contributed by atoms with Crippen molar-refractivity contribution in [3.8, 4) is 0 Å². The van der Waals surface area contributed by atoms with E-state index in [2.05, 4.69) is 4.99 Å². The summed E-state index contributed by atoms with van der Waals surface area (Å²) in [5.74, 6) is -1.52. The Hall–Kier alpha value is -2.31. The number of Topliss-reactive ketones (excluding diaryl/α,β-unsaturated/α-hetero) is 1. The molecule has 1 aliphatic rings. The summed E-state index contributed by atoms with van der Waals surface area (Å²) in [4.78, 5) is 16.0. The van der Waals surface area contributed by atoms with E-state index in [1.165, 1.54) is 26.3 Å². The van der Waals surface area contributed by atoms with Crippen molar-refractivity contribution in [3.05, 3.63) is 47.4 Å². The van der Waals surface area contributed by atoms with Crippen LogP contribution in [0.4, 0.5) is 13.2 Å². The lowest BCUT2D eigenvalue weighted by Crippen LogP contribution is -2.14. The predicted octanol–water partition coefficient (Wildman–Crippen LogP) is 2.90. The summed E-state index contributed by atoms with van der Waals surface area (Å²) in [6.45, 7) is 0. The number of ketones is 1. The van der Waals surface area contributed by atoms with Gasteiger partial charge in [0.15, 0.2) is 0 Å². The fourth-order valence-electron chi connectivity index (χ4n) is 2.03. The third-order valence-electron chi connectivity index (χ3n) is 2.96. The molecule has 0 amide bonds. The molecule has 112 valence electrons. The quantitative estimate of drug-likeness (QED) is 0.623. The van der Waals surface area contributed by atoms with E-state index in [0.717, 1.165) is 18.4 Å². The van der Waals surface area contributed by atoms with Gasteiger partial charge in [-0.05, 0) is 11.6 Å². The van der Waals surface area contributed by atoms with Crippen LogP contribution in [0.3, 0.4) is 0 Å². The molecular formula is C14H12F3NO3. The van der Waals surface area contributed by atoms with Gasteiger partial charge in [-0.1, -0.05) is 18.2 Å². The second-order valence-electron chi connectivity index (χ2n) is 4.30. The van der Waals surface area contributed by atoms with Gasteiger partial charge in [-0.3, -0.25) is 9.79 Å². The summed E-state index contributed by atoms with van der Waals surface area (Å²) in [6, 6.07) is 4.55. The highest BCUT2D eigenvalue weighted by molar-refractivity contribution is 6.18. The van der Waals surface area contributed by atoms with Crippen molar-refractivity contribution < 1.29 is 27.4 Å². The van der Waals surface area contributed by atoms with E-state index in [1.807, 2.05) is 0 Å². The normalized spacial score (nSPS) is 22.7. The highest BCUT2D eigenvalue weighted by Crippen LogP contribution is 2.35. The molecule has 1 aliphatic heterocycles. The zero-order valence-electron chi connectivity index (χ0n) is 11.3. The number of halogens is 3. The average Bonchev–Trinajstić information content (AvgIpc) is 2.75. The predicted molar refractivity (Wildman–Crippen MR) is 68.7 cm³/mol. The number of benzene rings is 1. The maximum Gasteiger partial charge on any atom is 0.416 e. The monoisotopic (exact) mass is 299 g/mol. The Labute approximate surface area is 118 Å². The van der Waals surface area contributed by atoms with Gasteiger partial charge in [-0.2, -0.15) is 13.2 Å². The largest absolute Gasteiger partial charge is 0.500 e. The lowest BCUT2D eigenvalue weighted by molar-refractivity contribution is -0.137. The number of carbonyl (C=O) groups excluding carboxylic acids is 1. The molecule has 1 aromatic carbocycles. The van der Waals surface area contributed by atoms with Crippen LogP contribution < -0.4 is 0 Å². The van der Waals surface area contributed by atoms with Crippen molar-refractivity contribution in [2.75, 3.05) is 14.2 Å². The van der Waals surface area contributed by atoms with Gasteiger partial charge in [0, 0.05) is 7.05 Å². The lowest BCUT2D eigenvalue weighted by atomic mass is 9.94. The second-order valence-corrected chi connectivity index (χ2v) is 4.30. The highest BCUT2D eigenvalue weighted by Gasteiger charge is 2.40. The Morgan fingerprint density at radius 1 is 1.38 bits per heavy atom. The minimum absolute atomic E-state index is 0.0441. The molecule has 0 spiro atoms. The minimum Gasteiger partial charge on any atom is -0.500 e. The number of nitrogens with zero attached hydrogens (tertiary/aromatic N) is 1. The van der Waals surface area contributed by atoms with Gasteiger partial charge in [0.25, 0.3) is 0 Å². The van der Waals surface area contributed by atoms with Crippen LogP contribution in [0, 0.1) is 0 Å². The van der Waals surface area contributed by atoms with Gasteiger partial charge >= 0.3 is 6.18 Å². The number of allylic oxidation sites excluding steroid dienone is 1. The third kappa shape index (κ3) is 2.91. The average molecular weight is 299 g/mol. The minimum atomic E-state index is -4.48. The molecule has 1 heterocycles. The maximum atomic E-state index is 12.8. The van der Waals surface area contributed by atoms with Crippen LogP contribution in [-0.4, -0.2) is 25.8 Å². The van der Waals surface area contributed by atoms with E-state index >= 15 is 0 Å². The molecule has 1 fully saturated rings. The van der Waals surface area contributed by atoms with Gasteiger partial charge in [0.05, 0.1) is 12.7 Å². The summed E-state index contributed by atoms with van der Waals surface area (Å²) in [6.07, 6.45) is -3.38. The zero-order chi connectivity index (χ0) is 15.6. The molecule has 0 N–H and O–H groups in total. The molecule has 2 rings (SSSR count). The molecule has 0 aromatic heterocycles. The number of hydrogen-bond donors (Lipinski definition) is 0. The van der Waals surface area contributed by atoms with E-state index in [-0.39, 0.29) is 17.2 Å². The van der Waals surface area contributed by atoms with Gasteiger partial charge in [0.1, 0.15) is 12.2 Å². The molecule has 0 aliphatic carbocycles. The molecular weight excluding hydrogens is 287 g/mol. The van der Waals surface area contributed by atoms with E-state index in [4.69, 9.17) is 9.47 Å². The Morgan fingerprint density at radius 2 is 2.10 bits per heavy atom. The van der Waals surface area contributed by atoms with Gasteiger partial charge in [-0.25, -0.2) is 0 Å². The van der Waals surface area contributed by atoms with Gasteiger partial charge in [-0.15, -0.1) is 0 Å². The first-order chi connectivity index (χ1) is 9.88. The first kappa shape index (κ1) is 15.1. The first-order valence-electron chi connectivity index (χ1n) is 5.97. The van der Waals surface area contributed by atoms with Crippen LogP contribution >= 0.6 is 0 Å². The number of methoxy groups -OCH3 is 1. The van der Waals surface area contributed by atoms with Crippen molar-refractivity contribution in [1.82, 2.24) is 0 Å². The van der Waals surface area contributed by atoms with Crippen molar-refractivity contribution in [2.24, 2.45) is 4.99 Å². The standard InChI is InChI=1S/C14H12F3NO3/c1-18-13-11(12(19)10(21-13)7-20-2)8-4-3-5-9(6-8)14(15,16)17/h3-7,11H,1-2H3. The first-order valence-corrected chi connectivity index (χ1v) is 5.97. The number of carbonyl (C=O) groups is 1. The molecule has 1 saturated heterocycles. The van der Waals surface area contributed by atoms with Crippen molar-refractivity contribution in [2.45, 2.75) is 12.1 Å². The molecule has 21 heavy (non-hydrogen) atoms. The molecule has 1 unspecified atom stereocenters. The number of ether oxygens (including phenoxy) is 2. The molecule has 4 nitrogen and oxygen atoms in total. The number of hydrogen-bond acceptors (Lipinski definition) is 4. The molecule has 1 aromatic rings. The Balaban J connectivity index is 2.46. The molecule has 7 heteroatoms. The van der Waals surface area contributed by atoms with Crippen molar-refractivity contribution in [1.29, 1.82) is 0 Å². The van der Waals surface area contributed by atoms with Gasteiger partial charge < -0.3 is 9.47 Å². The van der Waals surface area contributed by atoms with E-state index in [0.29, 0.717) is 0 Å². The number of alkyl halides is 3. The number of rotatable bonds is 2. The van der Waals surface area contributed by atoms with Gasteiger partial charge in [0.2, 0.25) is 17.4 Å². The van der Waals surface area contributed by atoms with Crippen LogP contribution in [0.15, 0.2) is 41.3 Å². The van der Waals surface area contributed by atoms with Crippen molar-refractivity contribution in [3.63, 3.8) is 0 Å². The smallest absolute Gasteiger partial charge is 0.416 e. The summed E-state index contributed by atoms with van der Waals surface area (Å²) in [5, 5.41) is 0. The fraction of sp³-hybridized carbons (Fsp3) is 0.286. The summed E-state index contributed by atoms with van der Waals surface area (Å²) in [5.41, 5.74) is -0.651. The molecule has 0 saturated carbocycles. The van der Waals surface area contributed by atoms with Crippen LogP contribution in [0.25, 0.3) is 0 Å². The highest BCUT2D eigenvalue weighted by atomic mass is 19.4. The van der Waals surface area contributed by atoms with Crippen LogP contribution in [0.2, 0.25) is 0 Å². The Kier molecular flexibility index (Phi) is 4.02. The second kappa shape index (κ2) is 5.59.